The van der Waals surface area contributed by atoms with Gasteiger partial charge >= 0.3 is 0 Å². The smallest absolute Gasteiger partial charge is 0.229 e. The maximum absolute atomic E-state index is 6.27. The minimum absolute atomic E-state index is 0.0699. The van der Waals surface area contributed by atoms with Crippen LogP contribution in [0.1, 0.15) is 53.4 Å². The zero-order valence-electron chi connectivity index (χ0n) is 23.2. The van der Waals surface area contributed by atoms with Crippen LogP contribution in [0.25, 0.3) is 0 Å². The fourth-order valence-corrected chi connectivity index (χ4v) is 5.99. The molecule has 0 bridgehead atoms. The van der Waals surface area contributed by atoms with Gasteiger partial charge in [-0.2, -0.15) is 4.98 Å². The zero-order valence-corrected chi connectivity index (χ0v) is 23.2. The Balaban J connectivity index is 1.35. The maximum atomic E-state index is 6.27. The van der Waals surface area contributed by atoms with Crippen molar-refractivity contribution in [2.45, 2.75) is 71.6 Å². The number of anilines is 5. The SMILES string of the molecule is CCN(CC)C1CCN(c2ccc(Nc3ncc4c(n3)N(C)C=CC3CCCN43)c(OC(C)C)c2)CC1. The first-order valence-electron chi connectivity index (χ1n) is 14.1. The van der Waals surface area contributed by atoms with Crippen molar-refractivity contribution in [3.05, 3.63) is 36.7 Å². The van der Waals surface area contributed by atoms with Crippen LogP contribution < -0.4 is 24.8 Å². The van der Waals surface area contributed by atoms with Gasteiger partial charge in [0.15, 0.2) is 5.82 Å². The van der Waals surface area contributed by atoms with Crippen LogP contribution in [0.3, 0.4) is 0 Å². The molecule has 1 aromatic heterocycles. The third-order valence-electron chi connectivity index (χ3n) is 7.96. The number of piperidine rings is 1. The van der Waals surface area contributed by atoms with Gasteiger partial charge in [-0.25, -0.2) is 4.98 Å². The standard InChI is InChI=1S/C29H43N7O/c1-6-34(7-2)22-13-17-35(18-14-22)24-10-11-25(27(19-24)37-21(3)4)31-29-30-20-26-28(32-29)33(5)16-12-23-9-8-15-36(23)26/h10-12,16,19-23H,6-9,13-15,17-18H2,1-5H3,(H,30,31,32). The number of aromatic nitrogens is 2. The third-order valence-corrected chi connectivity index (χ3v) is 7.96. The van der Waals surface area contributed by atoms with Gasteiger partial charge in [-0.1, -0.05) is 13.8 Å². The number of fused-ring (bicyclic) bond motifs is 3. The van der Waals surface area contributed by atoms with Crippen LogP contribution >= 0.6 is 0 Å². The maximum Gasteiger partial charge on any atom is 0.229 e. The van der Waals surface area contributed by atoms with Crippen molar-refractivity contribution in [3.63, 3.8) is 0 Å². The van der Waals surface area contributed by atoms with Crippen LogP contribution in [0.15, 0.2) is 36.7 Å². The normalized spacial score (nSPS) is 19.9. The second-order valence-corrected chi connectivity index (χ2v) is 10.7. The van der Waals surface area contributed by atoms with Crippen molar-refractivity contribution in [1.82, 2.24) is 14.9 Å². The van der Waals surface area contributed by atoms with Crippen LogP contribution in [-0.4, -0.2) is 72.8 Å². The molecule has 2 fully saturated rings. The van der Waals surface area contributed by atoms with Crippen molar-refractivity contribution in [1.29, 1.82) is 0 Å². The molecule has 8 nitrogen and oxygen atoms in total. The largest absolute Gasteiger partial charge is 0.489 e. The Morgan fingerprint density at radius 1 is 1.11 bits per heavy atom. The highest BCUT2D eigenvalue weighted by atomic mass is 16.5. The minimum Gasteiger partial charge on any atom is -0.489 e. The Morgan fingerprint density at radius 3 is 2.62 bits per heavy atom. The van der Waals surface area contributed by atoms with Crippen LogP contribution in [0, 0.1) is 0 Å². The fraction of sp³-hybridized carbons (Fsp3) is 0.586. The van der Waals surface area contributed by atoms with Crippen molar-refractivity contribution in [3.8, 4) is 5.75 Å². The summed E-state index contributed by atoms with van der Waals surface area (Å²) in [7, 11) is 2.06. The highest BCUT2D eigenvalue weighted by Gasteiger charge is 2.29. The van der Waals surface area contributed by atoms with Gasteiger partial charge in [0.25, 0.3) is 0 Å². The highest BCUT2D eigenvalue weighted by Crippen LogP contribution is 2.38. The molecule has 200 valence electrons. The lowest BCUT2D eigenvalue weighted by atomic mass is 10.0. The molecule has 1 aromatic carbocycles. The lowest BCUT2D eigenvalue weighted by Crippen LogP contribution is -2.44. The summed E-state index contributed by atoms with van der Waals surface area (Å²) in [5, 5.41) is 3.45. The van der Waals surface area contributed by atoms with Gasteiger partial charge in [-0.05, 0) is 70.8 Å². The first-order chi connectivity index (χ1) is 18.0. The average Bonchev–Trinajstić information content (AvgIpc) is 3.33. The molecule has 3 aliphatic heterocycles. The van der Waals surface area contributed by atoms with E-state index in [0.717, 1.165) is 55.7 Å². The van der Waals surface area contributed by atoms with Crippen molar-refractivity contribution >= 4 is 28.8 Å². The summed E-state index contributed by atoms with van der Waals surface area (Å²) in [6.07, 6.45) is 11.2. The number of hydrogen-bond donors (Lipinski definition) is 1. The van der Waals surface area contributed by atoms with Crippen molar-refractivity contribution in [2.24, 2.45) is 0 Å². The Morgan fingerprint density at radius 2 is 1.89 bits per heavy atom. The van der Waals surface area contributed by atoms with E-state index in [1.807, 2.05) is 6.20 Å². The second kappa shape index (κ2) is 11.2. The number of rotatable bonds is 8. The molecule has 0 radical (unpaired) electrons. The van der Waals surface area contributed by atoms with Crippen LogP contribution in [-0.2, 0) is 0 Å². The number of nitrogens with zero attached hydrogens (tertiary/aromatic N) is 6. The predicted molar refractivity (Wildman–Crippen MR) is 154 cm³/mol. The summed E-state index contributed by atoms with van der Waals surface area (Å²) in [5.41, 5.74) is 3.20. The first-order valence-corrected chi connectivity index (χ1v) is 14.1. The molecular weight excluding hydrogens is 462 g/mol. The van der Waals surface area contributed by atoms with E-state index >= 15 is 0 Å². The molecule has 0 saturated carbocycles. The summed E-state index contributed by atoms with van der Waals surface area (Å²) in [5.74, 6) is 2.35. The van der Waals surface area contributed by atoms with Crippen LogP contribution in [0.2, 0.25) is 0 Å². The summed E-state index contributed by atoms with van der Waals surface area (Å²) in [6, 6.07) is 7.60. The van der Waals surface area contributed by atoms with E-state index in [2.05, 4.69) is 90.1 Å². The van der Waals surface area contributed by atoms with E-state index in [1.165, 1.54) is 31.4 Å². The second-order valence-electron chi connectivity index (χ2n) is 10.7. The fourth-order valence-electron chi connectivity index (χ4n) is 5.99. The van der Waals surface area contributed by atoms with Gasteiger partial charge in [-0.15, -0.1) is 0 Å². The van der Waals surface area contributed by atoms with Gasteiger partial charge in [0.1, 0.15) is 5.75 Å². The number of ether oxygens (including phenoxy) is 1. The van der Waals surface area contributed by atoms with Crippen molar-refractivity contribution < 1.29 is 4.74 Å². The van der Waals surface area contributed by atoms with Crippen LogP contribution in [0.4, 0.5) is 28.8 Å². The summed E-state index contributed by atoms with van der Waals surface area (Å²) >= 11 is 0. The van der Waals surface area contributed by atoms with Crippen LogP contribution in [0.5, 0.6) is 5.75 Å². The predicted octanol–water partition coefficient (Wildman–Crippen LogP) is 5.25. The van der Waals surface area contributed by atoms with E-state index in [-0.39, 0.29) is 6.10 Å². The molecule has 1 atom stereocenters. The van der Waals surface area contributed by atoms with Gasteiger partial charge in [0.2, 0.25) is 5.95 Å². The lowest BCUT2D eigenvalue weighted by Gasteiger charge is -2.39. The van der Waals surface area contributed by atoms with E-state index < -0.39 is 0 Å². The molecule has 0 aliphatic carbocycles. The summed E-state index contributed by atoms with van der Waals surface area (Å²) < 4.78 is 6.27. The molecule has 5 rings (SSSR count). The third kappa shape index (κ3) is 5.49. The summed E-state index contributed by atoms with van der Waals surface area (Å²) in [6.45, 7) is 14.1. The molecule has 4 heterocycles. The molecule has 1 unspecified atom stereocenters. The molecule has 2 saturated heterocycles. The summed E-state index contributed by atoms with van der Waals surface area (Å²) in [4.78, 5) is 19.2. The topological polar surface area (TPSA) is 60.0 Å². The molecule has 0 spiro atoms. The first kappa shape index (κ1) is 25.6. The Bertz CT molecular complexity index is 1090. The van der Waals surface area contributed by atoms with E-state index in [9.17, 15) is 0 Å². The average molecular weight is 506 g/mol. The highest BCUT2D eigenvalue weighted by molar-refractivity contribution is 5.73. The molecule has 2 aromatic rings. The Kier molecular flexibility index (Phi) is 7.74. The monoisotopic (exact) mass is 505 g/mol. The number of hydrogen-bond acceptors (Lipinski definition) is 8. The Labute approximate surface area is 222 Å². The quantitative estimate of drug-likeness (QED) is 0.522. The van der Waals surface area contributed by atoms with Gasteiger partial charge < -0.3 is 29.7 Å². The van der Waals surface area contributed by atoms with E-state index in [4.69, 9.17) is 14.7 Å². The molecule has 37 heavy (non-hydrogen) atoms. The van der Waals surface area contributed by atoms with Crippen molar-refractivity contribution in [2.75, 3.05) is 59.8 Å². The van der Waals surface area contributed by atoms with E-state index in [1.54, 1.807) is 0 Å². The molecule has 8 heteroatoms. The van der Waals surface area contributed by atoms with Gasteiger partial charge in [-0.3, -0.25) is 0 Å². The lowest BCUT2D eigenvalue weighted by molar-refractivity contribution is 0.186. The number of nitrogens with one attached hydrogen (secondary N) is 1. The van der Waals surface area contributed by atoms with Gasteiger partial charge in [0, 0.05) is 56.7 Å². The molecule has 3 aliphatic rings. The van der Waals surface area contributed by atoms with Gasteiger partial charge in [0.05, 0.1) is 23.7 Å². The molecule has 1 N–H and O–H groups in total. The Hall–Kier alpha value is -3.00. The zero-order chi connectivity index (χ0) is 25.9. The number of benzene rings is 1. The molecular formula is C29H43N7O. The van der Waals surface area contributed by atoms with E-state index in [0.29, 0.717) is 18.0 Å². The minimum atomic E-state index is 0.0699. The molecule has 0 amide bonds.